The smallest absolute Gasteiger partial charge is 0.312 e. The molecule has 1 aromatic carbocycles. The van der Waals surface area contributed by atoms with Gasteiger partial charge < -0.3 is 4.74 Å². The zero-order chi connectivity index (χ0) is 13.7. The van der Waals surface area contributed by atoms with Crippen molar-refractivity contribution in [3.8, 4) is 5.75 Å². The minimum atomic E-state index is -0.486. The molecule has 0 heterocycles. The van der Waals surface area contributed by atoms with Crippen molar-refractivity contribution in [3.63, 3.8) is 0 Å². The summed E-state index contributed by atoms with van der Waals surface area (Å²) in [6.07, 6.45) is 0. The Morgan fingerprint density at radius 2 is 2.17 bits per heavy atom. The van der Waals surface area contributed by atoms with E-state index in [4.69, 9.17) is 16.3 Å². The standard InChI is InChI=1S/C12H15BrClNO3/c1-8(2)9(6-13)7-18-12-4-3-10(14)5-11(12)15(16)17/h3-5,8-9H,6-7H2,1-2H3. The minimum Gasteiger partial charge on any atom is -0.486 e. The van der Waals surface area contributed by atoms with E-state index in [-0.39, 0.29) is 11.4 Å². The molecular formula is C12H15BrClNO3. The van der Waals surface area contributed by atoms with Gasteiger partial charge in [0.15, 0.2) is 5.75 Å². The molecule has 1 rings (SSSR count). The van der Waals surface area contributed by atoms with Crippen LogP contribution in [-0.2, 0) is 0 Å². The Morgan fingerprint density at radius 1 is 1.50 bits per heavy atom. The Labute approximate surface area is 120 Å². The summed E-state index contributed by atoms with van der Waals surface area (Å²) in [6, 6.07) is 4.42. The molecule has 0 amide bonds. The largest absolute Gasteiger partial charge is 0.486 e. The predicted octanol–water partition coefficient (Wildman–Crippen LogP) is 4.29. The van der Waals surface area contributed by atoms with Crippen LogP contribution in [0.15, 0.2) is 18.2 Å². The Balaban J connectivity index is 2.81. The van der Waals surface area contributed by atoms with Crippen molar-refractivity contribution < 1.29 is 9.66 Å². The van der Waals surface area contributed by atoms with Gasteiger partial charge in [-0.05, 0) is 18.1 Å². The number of rotatable bonds is 6. The molecule has 0 fully saturated rings. The fourth-order valence-corrected chi connectivity index (χ4v) is 2.47. The van der Waals surface area contributed by atoms with E-state index in [1.165, 1.54) is 12.1 Å². The highest BCUT2D eigenvalue weighted by Crippen LogP contribution is 2.30. The highest BCUT2D eigenvalue weighted by molar-refractivity contribution is 9.09. The van der Waals surface area contributed by atoms with E-state index in [0.717, 1.165) is 5.33 Å². The first-order valence-corrected chi connectivity index (χ1v) is 7.08. The molecule has 0 aliphatic heterocycles. The maximum absolute atomic E-state index is 10.9. The first-order chi connectivity index (χ1) is 8.45. The maximum atomic E-state index is 10.9. The number of nitro groups is 1. The summed E-state index contributed by atoms with van der Waals surface area (Å²) in [6.45, 7) is 4.61. The molecule has 0 bridgehead atoms. The van der Waals surface area contributed by atoms with Crippen molar-refractivity contribution in [2.75, 3.05) is 11.9 Å². The van der Waals surface area contributed by atoms with E-state index in [1.54, 1.807) is 6.07 Å². The first-order valence-electron chi connectivity index (χ1n) is 5.58. The summed E-state index contributed by atoms with van der Waals surface area (Å²) in [7, 11) is 0. The molecule has 0 aliphatic carbocycles. The molecule has 1 unspecified atom stereocenters. The van der Waals surface area contributed by atoms with Crippen molar-refractivity contribution >= 4 is 33.2 Å². The van der Waals surface area contributed by atoms with E-state index in [2.05, 4.69) is 29.8 Å². The monoisotopic (exact) mass is 335 g/mol. The van der Waals surface area contributed by atoms with Crippen LogP contribution in [0.5, 0.6) is 5.75 Å². The Morgan fingerprint density at radius 3 is 2.67 bits per heavy atom. The van der Waals surface area contributed by atoms with Gasteiger partial charge in [0, 0.05) is 22.3 Å². The summed E-state index contributed by atoms with van der Waals surface area (Å²) in [4.78, 5) is 10.4. The summed E-state index contributed by atoms with van der Waals surface area (Å²) in [5, 5.41) is 12.0. The Hall–Kier alpha value is -0.810. The zero-order valence-electron chi connectivity index (χ0n) is 10.2. The van der Waals surface area contributed by atoms with Crippen molar-refractivity contribution in [3.05, 3.63) is 33.3 Å². The lowest BCUT2D eigenvalue weighted by Gasteiger charge is -2.18. The van der Waals surface area contributed by atoms with Crippen LogP contribution in [0.4, 0.5) is 5.69 Å². The van der Waals surface area contributed by atoms with E-state index in [9.17, 15) is 10.1 Å². The highest BCUT2D eigenvalue weighted by Gasteiger charge is 2.18. The summed E-state index contributed by atoms with van der Waals surface area (Å²) >= 11 is 9.15. The van der Waals surface area contributed by atoms with Crippen LogP contribution in [0.25, 0.3) is 0 Å². The molecule has 0 N–H and O–H groups in total. The second-order valence-corrected chi connectivity index (χ2v) is 5.42. The normalized spacial score (nSPS) is 12.5. The summed E-state index contributed by atoms with van der Waals surface area (Å²) in [5.74, 6) is 1.01. The number of ether oxygens (including phenoxy) is 1. The second kappa shape index (κ2) is 6.95. The van der Waals surface area contributed by atoms with Gasteiger partial charge in [0.1, 0.15) is 0 Å². The van der Waals surface area contributed by atoms with E-state index < -0.39 is 4.92 Å². The lowest BCUT2D eigenvalue weighted by molar-refractivity contribution is -0.385. The van der Waals surface area contributed by atoms with Crippen molar-refractivity contribution in [1.29, 1.82) is 0 Å². The molecule has 1 aromatic rings. The van der Waals surface area contributed by atoms with Gasteiger partial charge in [-0.15, -0.1) is 0 Å². The topological polar surface area (TPSA) is 52.4 Å². The molecule has 0 saturated carbocycles. The van der Waals surface area contributed by atoms with Gasteiger partial charge in [-0.3, -0.25) is 10.1 Å². The molecule has 6 heteroatoms. The van der Waals surface area contributed by atoms with Gasteiger partial charge in [-0.2, -0.15) is 0 Å². The van der Waals surface area contributed by atoms with Crippen LogP contribution in [0, 0.1) is 22.0 Å². The van der Waals surface area contributed by atoms with Crippen molar-refractivity contribution in [2.45, 2.75) is 13.8 Å². The van der Waals surface area contributed by atoms with Crippen LogP contribution in [0.3, 0.4) is 0 Å². The Bertz CT molecular complexity index is 426. The van der Waals surface area contributed by atoms with Crippen LogP contribution in [0.1, 0.15) is 13.8 Å². The number of halogens is 2. The maximum Gasteiger partial charge on any atom is 0.312 e. The molecule has 0 aromatic heterocycles. The van der Waals surface area contributed by atoms with Gasteiger partial charge in [0.2, 0.25) is 0 Å². The molecule has 0 radical (unpaired) electrons. The summed E-state index contributed by atoms with van der Waals surface area (Å²) < 4.78 is 5.54. The van der Waals surface area contributed by atoms with E-state index in [1.807, 2.05) is 0 Å². The summed E-state index contributed by atoms with van der Waals surface area (Å²) in [5.41, 5.74) is -0.0976. The number of benzene rings is 1. The third-order valence-corrected chi connectivity index (χ3v) is 3.78. The molecule has 0 saturated heterocycles. The number of hydrogen-bond acceptors (Lipinski definition) is 3. The fourth-order valence-electron chi connectivity index (χ4n) is 1.37. The predicted molar refractivity (Wildman–Crippen MR) is 75.7 cm³/mol. The van der Waals surface area contributed by atoms with Crippen LogP contribution < -0.4 is 4.74 Å². The van der Waals surface area contributed by atoms with Gasteiger partial charge in [0.25, 0.3) is 0 Å². The molecule has 18 heavy (non-hydrogen) atoms. The molecule has 4 nitrogen and oxygen atoms in total. The number of nitrogens with zero attached hydrogens (tertiary/aromatic N) is 1. The van der Waals surface area contributed by atoms with Crippen LogP contribution in [0.2, 0.25) is 5.02 Å². The number of hydrogen-bond donors (Lipinski definition) is 0. The zero-order valence-corrected chi connectivity index (χ0v) is 12.6. The van der Waals surface area contributed by atoms with Gasteiger partial charge in [0.05, 0.1) is 11.5 Å². The molecular weight excluding hydrogens is 321 g/mol. The quantitative estimate of drug-likeness (QED) is 0.442. The van der Waals surface area contributed by atoms with Crippen LogP contribution >= 0.6 is 27.5 Å². The Kier molecular flexibility index (Phi) is 5.88. The lowest BCUT2D eigenvalue weighted by Crippen LogP contribution is -2.19. The highest BCUT2D eigenvalue weighted by atomic mass is 79.9. The van der Waals surface area contributed by atoms with Crippen molar-refractivity contribution in [2.24, 2.45) is 11.8 Å². The third kappa shape index (κ3) is 4.14. The van der Waals surface area contributed by atoms with Gasteiger partial charge in [-0.1, -0.05) is 41.4 Å². The molecule has 1 atom stereocenters. The molecule has 0 spiro atoms. The SMILES string of the molecule is CC(C)C(CBr)COc1ccc(Cl)cc1[N+](=O)[O-]. The van der Waals surface area contributed by atoms with E-state index >= 15 is 0 Å². The molecule has 0 aliphatic rings. The van der Waals surface area contributed by atoms with Crippen LogP contribution in [-0.4, -0.2) is 16.9 Å². The fraction of sp³-hybridized carbons (Fsp3) is 0.500. The third-order valence-electron chi connectivity index (χ3n) is 2.71. The lowest BCUT2D eigenvalue weighted by atomic mass is 9.99. The van der Waals surface area contributed by atoms with Crippen molar-refractivity contribution in [1.82, 2.24) is 0 Å². The minimum absolute atomic E-state index is 0.0976. The average molecular weight is 337 g/mol. The first kappa shape index (κ1) is 15.2. The second-order valence-electron chi connectivity index (χ2n) is 4.34. The molecule has 100 valence electrons. The number of alkyl halides is 1. The van der Waals surface area contributed by atoms with Gasteiger partial charge in [-0.25, -0.2) is 0 Å². The average Bonchev–Trinajstić information content (AvgIpc) is 2.30. The van der Waals surface area contributed by atoms with E-state index in [0.29, 0.717) is 23.5 Å². The number of nitro benzene ring substituents is 1. The van der Waals surface area contributed by atoms with Gasteiger partial charge >= 0.3 is 5.69 Å².